The lowest BCUT2D eigenvalue weighted by atomic mass is 9.89. The van der Waals surface area contributed by atoms with E-state index in [1.807, 2.05) is 18.2 Å². The molecule has 0 bridgehead atoms. The number of aryl methyl sites for hydroxylation is 2. The summed E-state index contributed by atoms with van der Waals surface area (Å²) in [4.78, 5) is 52.5. The molecule has 2 aliphatic rings. The molecule has 9 nitrogen and oxygen atoms in total. The van der Waals surface area contributed by atoms with Crippen LogP contribution in [0.25, 0.3) is 0 Å². The van der Waals surface area contributed by atoms with E-state index >= 15 is 0 Å². The van der Waals surface area contributed by atoms with Crippen molar-refractivity contribution in [1.29, 1.82) is 0 Å². The normalized spacial score (nSPS) is 19.6. The fraction of sp³-hybridized carbons (Fsp3) is 0.391. The van der Waals surface area contributed by atoms with Gasteiger partial charge >= 0.3 is 6.03 Å². The van der Waals surface area contributed by atoms with E-state index in [0.717, 1.165) is 24.2 Å². The molecule has 2 heterocycles. The minimum absolute atomic E-state index is 0.203. The fourth-order valence-corrected chi connectivity index (χ4v) is 4.13. The van der Waals surface area contributed by atoms with Gasteiger partial charge in [-0.2, -0.15) is 0 Å². The number of benzene rings is 1. The second-order valence-corrected chi connectivity index (χ2v) is 8.39. The number of nitrogens with one attached hydrogen (secondary N) is 2. The third-order valence-corrected chi connectivity index (χ3v) is 6.09. The number of hydrogen-bond acceptors (Lipinski definition) is 5. The van der Waals surface area contributed by atoms with Gasteiger partial charge in [0.15, 0.2) is 0 Å². The molecule has 1 fully saturated rings. The summed E-state index contributed by atoms with van der Waals surface area (Å²) in [6, 6.07) is 8.66. The second-order valence-electron chi connectivity index (χ2n) is 8.39. The zero-order chi connectivity index (χ0) is 22.9. The summed E-state index contributed by atoms with van der Waals surface area (Å²) in [5.41, 5.74) is 1.94. The third-order valence-electron chi connectivity index (χ3n) is 6.09. The van der Waals surface area contributed by atoms with Crippen LogP contribution < -0.4 is 10.6 Å². The van der Waals surface area contributed by atoms with E-state index in [2.05, 4.69) is 10.6 Å². The molecule has 0 saturated carbocycles. The quantitative estimate of drug-likeness (QED) is 0.633. The lowest BCUT2D eigenvalue weighted by molar-refractivity contribution is -0.139. The number of hydrogen-bond donors (Lipinski definition) is 2. The number of likely N-dealkylation sites (N-methyl/N-ethyl adjacent to an activating group) is 1. The Kier molecular flexibility index (Phi) is 5.73. The summed E-state index contributed by atoms with van der Waals surface area (Å²) in [7, 11) is 1.45. The molecule has 9 heteroatoms. The van der Waals surface area contributed by atoms with Crippen LogP contribution in [0, 0.1) is 0 Å². The first kappa shape index (κ1) is 21.6. The SMILES string of the molecule is CN(CC(=O)NCc1ccco1)C(=O)CN1C(=O)N[C@@](C)(c2ccc3c(c2)CCC3)C1=O. The maximum absolute atomic E-state index is 13.1. The van der Waals surface area contributed by atoms with E-state index in [1.54, 1.807) is 19.1 Å². The highest BCUT2D eigenvalue weighted by Gasteiger charge is 2.49. The standard InChI is InChI=1S/C23H26N4O5/c1-23(17-9-8-15-5-3-6-16(15)11-17)21(30)27(22(31)25-23)14-20(29)26(2)13-19(28)24-12-18-7-4-10-32-18/h4,7-11H,3,5-6,12-14H2,1-2H3,(H,24,28)(H,25,31)/t23-/m0/s1. The number of imide groups is 1. The average molecular weight is 438 g/mol. The van der Waals surface area contributed by atoms with Gasteiger partial charge < -0.3 is 20.0 Å². The van der Waals surface area contributed by atoms with Crippen LogP contribution in [0.15, 0.2) is 41.0 Å². The van der Waals surface area contributed by atoms with Crippen molar-refractivity contribution in [3.8, 4) is 0 Å². The number of rotatable bonds is 7. The molecule has 1 aliphatic carbocycles. The van der Waals surface area contributed by atoms with Gasteiger partial charge in [-0.3, -0.25) is 19.3 Å². The molecule has 1 atom stereocenters. The minimum atomic E-state index is -1.23. The Morgan fingerprint density at radius 3 is 2.75 bits per heavy atom. The van der Waals surface area contributed by atoms with E-state index in [9.17, 15) is 19.2 Å². The summed E-state index contributed by atoms with van der Waals surface area (Å²) in [6.45, 7) is 1.22. The van der Waals surface area contributed by atoms with E-state index in [1.165, 1.54) is 29.3 Å². The number of amides is 5. The Morgan fingerprint density at radius 1 is 1.22 bits per heavy atom. The van der Waals surface area contributed by atoms with Crippen LogP contribution in [0.2, 0.25) is 0 Å². The number of carbonyl (C=O) groups excluding carboxylic acids is 4. The van der Waals surface area contributed by atoms with Crippen LogP contribution in [-0.4, -0.2) is 53.7 Å². The molecule has 1 aromatic heterocycles. The van der Waals surface area contributed by atoms with Gasteiger partial charge in [0.1, 0.15) is 17.8 Å². The van der Waals surface area contributed by atoms with Crippen molar-refractivity contribution in [2.75, 3.05) is 20.1 Å². The largest absolute Gasteiger partial charge is 0.467 e. The molecule has 5 amide bonds. The third kappa shape index (κ3) is 4.10. The van der Waals surface area contributed by atoms with Crippen LogP contribution in [0.1, 0.15) is 35.8 Å². The van der Waals surface area contributed by atoms with Crippen molar-refractivity contribution in [2.45, 2.75) is 38.3 Å². The molecule has 0 spiro atoms. The smallest absolute Gasteiger partial charge is 0.325 e. The van der Waals surface area contributed by atoms with Crippen LogP contribution in [0.5, 0.6) is 0 Å². The first-order chi connectivity index (χ1) is 15.3. The van der Waals surface area contributed by atoms with Gasteiger partial charge in [0.05, 0.1) is 19.4 Å². The average Bonchev–Trinajstić information content (AvgIpc) is 3.49. The molecule has 168 valence electrons. The van der Waals surface area contributed by atoms with Gasteiger partial charge in [-0.15, -0.1) is 0 Å². The first-order valence-electron chi connectivity index (χ1n) is 10.6. The number of fused-ring (bicyclic) bond motifs is 1. The zero-order valence-electron chi connectivity index (χ0n) is 18.1. The van der Waals surface area contributed by atoms with Crippen molar-refractivity contribution >= 4 is 23.8 Å². The van der Waals surface area contributed by atoms with Gasteiger partial charge in [-0.25, -0.2) is 4.79 Å². The number of urea groups is 1. The molecule has 32 heavy (non-hydrogen) atoms. The van der Waals surface area contributed by atoms with Gasteiger partial charge in [-0.05, 0) is 55.0 Å². The summed E-state index contributed by atoms with van der Waals surface area (Å²) in [6.07, 6.45) is 4.56. The molecular weight excluding hydrogens is 412 g/mol. The highest BCUT2D eigenvalue weighted by atomic mass is 16.3. The van der Waals surface area contributed by atoms with Crippen molar-refractivity contribution in [1.82, 2.24) is 20.4 Å². The molecule has 0 radical (unpaired) electrons. The zero-order valence-corrected chi connectivity index (χ0v) is 18.1. The number of furan rings is 1. The Hall–Kier alpha value is -3.62. The summed E-state index contributed by atoms with van der Waals surface area (Å²) in [5, 5.41) is 5.39. The van der Waals surface area contributed by atoms with Crippen LogP contribution >= 0.6 is 0 Å². The van der Waals surface area contributed by atoms with E-state index in [4.69, 9.17) is 4.42 Å². The van der Waals surface area contributed by atoms with Crippen LogP contribution in [0.3, 0.4) is 0 Å². The number of nitrogens with zero attached hydrogens (tertiary/aromatic N) is 2. The summed E-state index contributed by atoms with van der Waals surface area (Å²) < 4.78 is 5.15. The molecule has 2 aromatic rings. The van der Waals surface area contributed by atoms with E-state index < -0.39 is 29.9 Å². The van der Waals surface area contributed by atoms with Gasteiger partial charge in [0, 0.05) is 7.05 Å². The van der Waals surface area contributed by atoms with Gasteiger partial charge in [0.2, 0.25) is 11.8 Å². The second kappa shape index (κ2) is 8.49. The highest BCUT2D eigenvalue weighted by Crippen LogP contribution is 2.32. The van der Waals surface area contributed by atoms with E-state index in [-0.39, 0.29) is 19.0 Å². The molecule has 4 rings (SSSR count). The van der Waals surface area contributed by atoms with Crippen molar-refractivity contribution in [3.05, 3.63) is 59.0 Å². The molecule has 1 aliphatic heterocycles. The predicted molar refractivity (Wildman–Crippen MR) is 114 cm³/mol. The molecule has 2 N–H and O–H groups in total. The van der Waals surface area contributed by atoms with Gasteiger partial charge in [-0.1, -0.05) is 18.2 Å². The van der Waals surface area contributed by atoms with Crippen LogP contribution in [0.4, 0.5) is 4.79 Å². The lowest BCUT2D eigenvalue weighted by Crippen LogP contribution is -2.45. The predicted octanol–water partition coefficient (Wildman–Crippen LogP) is 1.31. The highest BCUT2D eigenvalue weighted by molar-refractivity contribution is 6.09. The lowest BCUT2D eigenvalue weighted by Gasteiger charge is -2.24. The van der Waals surface area contributed by atoms with Crippen molar-refractivity contribution in [3.63, 3.8) is 0 Å². The van der Waals surface area contributed by atoms with Crippen molar-refractivity contribution < 1.29 is 23.6 Å². The Morgan fingerprint density at radius 2 is 2.00 bits per heavy atom. The Bertz CT molecular complexity index is 1060. The Balaban J connectivity index is 1.37. The van der Waals surface area contributed by atoms with E-state index in [0.29, 0.717) is 11.3 Å². The maximum Gasteiger partial charge on any atom is 0.325 e. The summed E-state index contributed by atoms with van der Waals surface area (Å²) >= 11 is 0. The monoisotopic (exact) mass is 438 g/mol. The van der Waals surface area contributed by atoms with Gasteiger partial charge in [0.25, 0.3) is 5.91 Å². The molecule has 1 saturated heterocycles. The maximum atomic E-state index is 13.1. The van der Waals surface area contributed by atoms with Crippen molar-refractivity contribution in [2.24, 2.45) is 0 Å². The van der Waals surface area contributed by atoms with Crippen LogP contribution in [-0.2, 0) is 39.3 Å². The fourth-order valence-electron chi connectivity index (χ4n) is 4.13. The summed E-state index contributed by atoms with van der Waals surface area (Å²) in [5.74, 6) is -0.778. The topological polar surface area (TPSA) is 112 Å². The minimum Gasteiger partial charge on any atom is -0.467 e. The number of carbonyl (C=O) groups is 4. The molecule has 1 aromatic carbocycles. The Labute approximate surface area is 185 Å². The molecular formula is C23H26N4O5. The first-order valence-corrected chi connectivity index (χ1v) is 10.6. The molecule has 0 unspecified atom stereocenters.